The highest BCUT2D eigenvalue weighted by atomic mass is 16.3. The molecule has 0 radical (unpaired) electrons. The molecule has 0 amide bonds. The number of aryl methyl sites for hydroxylation is 1. The van der Waals surface area contributed by atoms with E-state index in [1.165, 1.54) is 18.4 Å². The van der Waals surface area contributed by atoms with E-state index in [2.05, 4.69) is 23.0 Å². The minimum Gasteiger partial charge on any atom is -0.393 e. The molecule has 1 fully saturated rings. The van der Waals surface area contributed by atoms with Crippen molar-refractivity contribution in [1.29, 1.82) is 0 Å². The Morgan fingerprint density at radius 1 is 1.60 bits per heavy atom. The second-order valence-electron chi connectivity index (χ2n) is 4.68. The van der Waals surface area contributed by atoms with Crippen molar-refractivity contribution >= 4 is 0 Å². The van der Waals surface area contributed by atoms with Crippen molar-refractivity contribution < 1.29 is 5.11 Å². The molecule has 3 nitrogen and oxygen atoms in total. The minimum atomic E-state index is -0.229. The Kier molecular flexibility index (Phi) is 3.12. The van der Waals surface area contributed by atoms with Crippen LogP contribution in [0.5, 0.6) is 0 Å². The predicted octanol–water partition coefficient (Wildman–Crippen LogP) is 1.67. The van der Waals surface area contributed by atoms with Crippen molar-refractivity contribution in [2.24, 2.45) is 11.7 Å². The van der Waals surface area contributed by atoms with Crippen LogP contribution in [0.2, 0.25) is 0 Å². The Hall–Kier alpha value is -0.800. The zero-order chi connectivity index (χ0) is 10.8. The van der Waals surface area contributed by atoms with Crippen molar-refractivity contribution in [2.45, 2.75) is 44.9 Å². The summed E-state index contributed by atoms with van der Waals surface area (Å²) in [4.78, 5) is 0. The van der Waals surface area contributed by atoms with Gasteiger partial charge in [0.2, 0.25) is 0 Å². The standard InChI is InChI=1S/C12H20N2O/c1-9(15)4-6-14-7-5-11(8-14)12(13)10-2-3-10/h5,7-10,12,15H,2-4,6,13H2,1H3. The number of rotatable bonds is 5. The van der Waals surface area contributed by atoms with Crippen LogP contribution >= 0.6 is 0 Å². The van der Waals surface area contributed by atoms with Crippen molar-refractivity contribution in [3.63, 3.8) is 0 Å². The fourth-order valence-corrected chi connectivity index (χ4v) is 1.86. The van der Waals surface area contributed by atoms with E-state index in [0.717, 1.165) is 13.0 Å². The Labute approximate surface area is 90.9 Å². The van der Waals surface area contributed by atoms with Crippen molar-refractivity contribution in [2.75, 3.05) is 0 Å². The molecule has 3 heteroatoms. The summed E-state index contributed by atoms with van der Waals surface area (Å²) in [6.07, 6.45) is 7.30. The number of aromatic nitrogens is 1. The lowest BCUT2D eigenvalue weighted by Crippen LogP contribution is -2.11. The summed E-state index contributed by atoms with van der Waals surface area (Å²) < 4.78 is 2.12. The molecule has 0 aromatic carbocycles. The van der Waals surface area contributed by atoms with Gasteiger partial charge < -0.3 is 15.4 Å². The van der Waals surface area contributed by atoms with Gasteiger partial charge in [0.15, 0.2) is 0 Å². The molecule has 0 bridgehead atoms. The number of hydrogen-bond acceptors (Lipinski definition) is 2. The molecular weight excluding hydrogens is 188 g/mol. The van der Waals surface area contributed by atoms with E-state index in [-0.39, 0.29) is 12.1 Å². The average Bonchev–Trinajstić information content (AvgIpc) is 2.93. The summed E-state index contributed by atoms with van der Waals surface area (Å²) in [5.41, 5.74) is 7.35. The molecule has 1 aliphatic carbocycles. The summed E-state index contributed by atoms with van der Waals surface area (Å²) in [6, 6.07) is 2.32. The van der Waals surface area contributed by atoms with Gasteiger partial charge in [0, 0.05) is 25.0 Å². The van der Waals surface area contributed by atoms with Gasteiger partial charge >= 0.3 is 0 Å². The third kappa shape index (κ3) is 2.83. The molecule has 0 saturated heterocycles. The third-order valence-electron chi connectivity index (χ3n) is 3.09. The molecule has 2 unspecified atom stereocenters. The largest absolute Gasteiger partial charge is 0.393 e. The Morgan fingerprint density at radius 2 is 2.33 bits per heavy atom. The molecule has 0 aliphatic heterocycles. The van der Waals surface area contributed by atoms with Crippen molar-refractivity contribution in [3.05, 3.63) is 24.0 Å². The van der Waals surface area contributed by atoms with Gasteiger partial charge in [-0.3, -0.25) is 0 Å². The highest BCUT2D eigenvalue weighted by Gasteiger charge is 2.29. The molecule has 1 aromatic rings. The lowest BCUT2D eigenvalue weighted by molar-refractivity contribution is 0.178. The molecule has 84 valence electrons. The Balaban J connectivity index is 1.91. The van der Waals surface area contributed by atoms with Gasteiger partial charge in [-0.15, -0.1) is 0 Å². The van der Waals surface area contributed by atoms with Crippen molar-refractivity contribution in [3.8, 4) is 0 Å². The van der Waals surface area contributed by atoms with E-state index < -0.39 is 0 Å². The predicted molar refractivity (Wildman–Crippen MR) is 60.4 cm³/mol. The summed E-state index contributed by atoms with van der Waals surface area (Å²) in [5, 5.41) is 9.19. The smallest absolute Gasteiger partial charge is 0.0529 e. The van der Waals surface area contributed by atoms with Crippen LogP contribution in [0.1, 0.15) is 37.8 Å². The first-order chi connectivity index (χ1) is 7.16. The fourth-order valence-electron chi connectivity index (χ4n) is 1.86. The fraction of sp³-hybridized carbons (Fsp3) is 0.667. The van der Waals surface area contributed by atoms with Crippen LogP contribution in [-0.4, -0.2) is 15.8 Å². The monoisotopic (exact) mass is 208 g/mol. The maximum Gasteiger partial charge on any atom is 0.0529 e. The van der Waals surface area contributed by atoms with E-state index in [1.54, 1.807) is 0 Å². The van der Waals surface area contributed by atoms with Crippen LogP contribution in [0.4, 0.5) is 0 Å². The van der Waals surface area contributed by atoms with Crippen LogP contribution < -0.4 is 5.73 Å². The highest BCUT2D eigenvalue weighted by molar-refractivity contribution is 5.17. The normalized spacial score (nSPS) is 20.2. The second kappa shape index (κ2) is 4.37. The van der Waals surface area contributed by atoms with Gasteiger partial charge in [-0.25, -0.2) is 0 Å². The van der Waals surface area contributed by atoms with Gasteiger partial charge in [-0.2, -0.15) is 0 Å². The summed E-state index contributed by atoms with van der Waals surface area (Å²) in [5.74, 6) is 0.706. The Morgan fingerprint density at radius 3 is 2.93 bits per heavy atom. The number of hydrogen-bond donors (Lipinski definition) is 2. The molecule has 1 saturated carbocycles. The quantitative estimate of drug-likeness (QED) is 0.773. The summed E-state index contributed by atoms with van der Waals surface area (Å²) in [6.45, 7) is 2.69. The SMILES string of the molecule is CC(O)CCn1ccc(C(N)C2CC2)c1. The summed E-state index contributed by atoms with van der Waals surface area (Å²) in [7, 11) is 0. The minimum absolute atomic E-state index is 0.220. The van der Waals surface area contributed by atoms with Gasteiger partial charge in [0.25, 0.3) is 0 Å². The Bertz CT molecular complexity index is 315. The van der Waals surface area contributed by atoms with Gasteiger partial charge in [0.1, 0.15) is 0 Å². The summed E-state index contributed by atoms with van der Waals surface area (Å²) >= 11 is 0. The average molecular weight is 208 g/mol. The maximum atomic E-state index is 9.19. The zero-order valence-electron chi connectivity index (χ0n) is 9.26. The highest BCUT2D eigenvalue weighted by Crippen LogP contribution is 2.39. The van der Waals surface area contributed by atoms with Crippen LogP contribution in [0, 0.1) is 5.92 Å². The number of aliphatic hydroxyl groups excluding tert-OH is 1. The molecule has 2 rings (SSSR count). The lowest BCUT2D eigenvalue weighted by Gasteiger charge is -2.08. The molecular formula is C12H20N2O. The number of nitrogens with two attached hydrogens (primary N) is 1. The van der Waals surface area contributed by atoms with Gasteiger partial charge in [-0.1, -0.05) is 0 Å². The molecule has 0 spiro atoms. The third-order valence-corrected chi connectivity index (χ3v) is 3.09. The molecule has 2 atom stereocenters. The van der Waals surface area contributed by atoms with Gasteiger partial charge in [-0.05, 0) is 43.7 Å². The van der Waals surface area contributed by atoms with E-state index in [4.69, 9.17) is 5.73 Å². The molecule has 1 aliphatic rings. The van der Waals surface area contributed by atoms with E-state index in [0.29, 0.717) is 5.92 Å². The molecule has 1 aromatic heterocycles. The maximum absolute atomic E-state index is 9.19. The molecule has 1 heterocycles. The van der Waals surface area contributed by atoms with Crippen LogP contribution in [-0.2, 0) is 6.54 Å². The van der Waals surface area contributed by atoms with Crippen molar-refractivity contribution in [1.82, 2.24) is 4.57 Å². The molecule has 3 N–H and O–H groups in total. The van der Waals surface area contributed by atoms with E-state index >= 15 is 0 Å². The lowest BCUT2D eigenvalue weighted by atomic mass is 10.1. The molecule has 15 heavy (non-hydrogen) atoms. The number of nitrogens with zero attached hydrogens (tertiary/aromatic N) is 1. The van der Waals surface area contributed by atoms with Crippen LogP contribution in [0.3, 0.4) is 0 Å². The first-order valence-electron chi connectivity index (χ1n) is 5.76. The van der Waals surface area contributed by atoms with Crippen LogP contribution in [0.15, 0.2) is 18.5 Å². The topological polar surface area (TPSA) is 51.2 Å². The van der Waals surface area contributed by atoms with Gasteiger partial charge in [0.05, 0.1) is 6.10 Å². The van der Waals surface area contributed by atoms with E-state index in [9.17, 15) is 5.11 Å². The first kappa shape index (κ1) is 10.7. The zero-order valence-corrected chi connectivity index (χ0v) is 9.26. The number of aliphatic hydroxyl groups is 1. The van der Waals surface area contributed by atoms with E-state index in [1.807, 2.05) is 6.92 Å². The second-order valence-corrected chi connectivity index (χ2v) is 4.68. The first-order valence-corrected chi connectivity index (χ1v) is 5.76. The van der Waals surface area contributed by atoms with Crippen LogP contribution in [0.25, 0.3) is 0 Å².